The lowest BCUT2D eigenvalue weighted by molar-refractivity contribution is 0.0947. The van der Waals surface area contributed by atoms with Crippen LogP contribution in [0.25, 0.3) is 0 Å². The minimum absolute atomic E-state index is 0.0546. The van der Waals surface area contributed by atoms with Crippen molar-refractivity contribution in [1.82, 2.24) is 15.3 Å². The zero-order chi connectivity index (χ0) is 20.2. The standard InChI is InChI=1S/C22H31N5OS/c1-27(2)20-17-6-3-4-7-18(17)25-22(26-20)24-16-11-9-15(10-12-16)14-23-21(28)19-8-5-13-29-19/h5,8,13,15-16H,3-4,6-7,9-12,14H2,1-2H3,(H,23,28)(H,24,25,26)/t15-,16+. The van der Waals surface area contributed by atoms with Crippen LogP contribution in [0.15, 0.2) is 17.5 Å². The number of carbonyl (C=O) groups is 1. The molecule has 2 aromatic rings. The fourth-order valence-electron chi connectivity index (χ4n) is 4.43. The highest BCUT2D eigenvalue weighted by Gasteiger charge is 2.24. The molecule has 4 rings (SSSR count). The number of hydrogen-bond acceptors (Lipinski definition) is 6. The van der Waals surface area contributed by atoms with Crippen LogP contribution in [-0.4, -0.2) is 42.6 Å². The van der Waals surface area contributed by atoms with Gasteiger partial charge < -0.3 is 15.5 Å². The summed E-state index contributed by atoms with van der Waals surface area (Å²) < 4.78 is 0. The molecule has 2 aliphatic rings. The molecule has 0 bridgehead atoms. The van der Waals surface area contributed by atoms with Gasteiger partial charge >= 0.3 is 0 Å². The van der Waals surface area contributed by atoms with Crippen LogP contribution in [0.2, 0.25) is 0 Å². The minimum atomic E-state index is 0.0546. The predicted octanol–water partition coefficient (Wildman–Crippen LogP) is 3.88. The molecule has 2 aliphatic carbocycles. The Morgan fingerprint density at radius 2 is 1.97 bits per heavy atom. The summed E-state index contributed by atoms with van der Waals surface area (Å²) in [6.45, 7) is 0.767. The molecule has 29 heavy (non-hydrogen) atoms. The molecule has 0 unspecified atom stereocenters. The van der Waals surface area contributed by atoms with E-state index in [-0.39, 0.29) is 5.91 Å². The van der Waals surface area contributed by atoms with Gasteiger partial charge in [-0.25, -0.2) is 4.98 Å². The SMILES string of the molecule is CN(C)c1nc(N[C@H]2CC[C@@H](CNC(=O)c3cccs3)CC2)nc2c1CCCC2. The van der Waals surface area contributed by atoms with Crippen molar-refractivity contribution in [3.63, 3.8) is 0 Å². The predicted molar refractivity (Wildman–Crippen MR) is 119 cm³/mol. The van der Waals surface area contributed by atoms with Crippen LogP contribution in [0.3, 0.4) is 0 Å². The molecule has 0 spiro atoms. The number of carbonyl (C=O) groups excluding carboxylic acids is 1. The van der Waals surface area contributed by atoms with Crippen molar-refractivity contribution in [3.05, 3.63) is 33.6 Å². The molecule has 7 heteroatoms. The third kappa shape index (κ3) is 4.89. The van der Waals surface area contributed by atoms with Gasteiger partial charge in [-0.05, 0) is 68.7 Å². The van der Waals surface area contributed by atoms with E-state index in [2.05, 4.69) is 29.6 Å². The van der Waals surface area contributed by atoms with E-state index in [1.165, 1.54) is 35.4 Å². The van der Waals surface area contributed by atoms with Crippen molar-refractivity contribution < 1.29 is 4.79 Å². The second-order valence-electron chi connectivity index (χ2n) is 8.45. The maximum Gasteiger partial charge on any atom is 0.261 e. The number of amides is 1. The Morgan fingerprint density at radius 3 is 2.69 bits per heavy atom. The Labute approximate surface area is 177 Å². The van der Waals surface area contributed by atoms with Gasteiger partial charge in [-0.15, -0.1) is 11.3 Å². The number of aromatic nitrogens is 2. The topological polar surface area (TPSA) is 70.2 Å². The Kier molecular flexibility index (Phi) is 6.33. The van der Waals surface area contributed by atoms with E-state index in [0.717, 1.165) is 61.7 Å². The van der Waals surface area contributed by atoms with Gasteiger partial charge in [0.25, 0.3) is 5.91 Å². The van der Waals surface area contributed by atoms with Crippen molar-refractivity contribution >= 4 is 29.0 Å². The number of hydrogen-bond donors (Lipinski definition) is 2. The number of rotatable bonds is 6. The second-order valence-corrected chi connectivity index (χ2v) is 9.39. The highest BCUT2D eigenvalue weighted by Crippen LogP contribution is 2.30. The molecule has 0 aromatic carbocycles. The number of nitrogens with zero attached hydrogens (tertiary/aromatic N) is 3. The van der Waals surface area contributed by atoms with Crippen LogP contribution in [0.4, 0.5) is 11.8 Å². The van der Waals surface area contributed by atoms with Gasteiger partial charge in [-0.1, -0.05) is 6.07 Å². The van der Waals surface area contributed by atoms with Gasteiger partial charge in [-0.3, -0.25) is 4.79 Å². The highest BCUT2D eigenvalue weighted by molar-refractivity contribution is 7.12. The van der Waals surface area contributed by atoms with Crippen LogP contribution >= 0.6 is 11.3 Å². The molecule has 6 nitrogen and oxygen atoms in total. The summed E-state index contributed by atoms with van der Waals surface area (Å²) >= 11 is 1.49. The first kappa shape index (κ1) is 20.1. The first-order valence-corrected chi connectivity index (χ1v) is 11.6. The van der Waals surface area contributed by atoms with Crippen molar-refractivity contribution in [2.45, 2.75) is 57.4 Å². The smallest absolute Gasteiger partial charge is 0.261 e. The summed E-state index contributed by atoms with van der Waals surface area (Å²) in [6, 6.07) is 4.21. The highest BCUT2D eigenvalue weighted by atomic mass is 32.1. The zero-order valence-corrected chi connectivity index (χ0v) is 18.2. The summed E-state index contributed by atoms with van der Waals surface area (Å²) in [5.41, 5.74) is 2.56. The van der Waals surface area contributed by atoms with E-state index in [4.69, 9.17) is 9.97 Å². The molecule has 0 radical (unpaired) electrons. The van der Waals surface area contributed by atoms with Gasteiger partial charge in [0.1, 0.15) is 5.82 Å². The number of fused-ring (bicyclic) bond motifs is 1. The number of nitrogens with one attached hydrogen (secondary N) is 2. The van der Waals surface area contributed by atoms with Gasteiger partial charge in [0.05, 0.1) is 10.6 Å². The molecule has 2 aromatic heterocycles. The molecular formula is C22H31N5OS. The maximum absolute atomic E-state index is 12.1. The van der Waals surface area contributed by atoms with Crippen LogP contribution in [0, 0.1) is 5.92 Å². The van der Waals surface area contributed by atoms with E-state index in [1.54, 1.807) is 0 Å². The van der Waals surface area contributed by atoms with Crippen LogP contribution in [-0.2, 0) is 12.8 Å². The lowest BCUT2D eigenvalue weighted by Gasteiger charge is -2.30. The molecular weight excluding hydrogens is 382 g/mol. The largest absolute Gasteiger partial charge is 0.362 e. The monoisotopic (exact) mass is 413 g/mol. The fourth-order valence-corrected chi connectivity index (χ4v) is 5.07. The van der Waals surface area contributed by atoms with Crippen LogP contribution < -0.4 is 15.5 Å². The molecule has 2 heterocycles. The molecule has 1 amide bonds. The average molecular weight is 414 g/mol. The van der Waals surface area contributed by atoms with E-state index in [1.807, 2.05) is 17.5 Å². The van der Waals surface area contributed by atoms with Gasteiger partial charge in [-0.2, -0.15) is 4.98 Å². The Balaban J connectivity index is 1.30. The van der Waals surface area contributed by atoms with Gasteiger partial charge in [0.2, 0.25) is 5.95 Å². The third-order valence-corrected chi connectivity index (χ3v) is 6.93. The van der Waals surface area contributed by atoms with Gasteiger partial charge in [0.15, 0.2) is 0 Å². The Morgan fingerprint density at radius 1 is 1.17 bits per heavy atom. The quantitative estimate of drug-likeness (QED) is 0.752. The third-order valence-electron chi connectivity index (χ3n) is 6.06. The first-order chi connectivity index (χ1) is 14.1. The van der Waals surface area contributed by atoms with Crippen molar-refractivity contribution in [1.29, 1.82) is 0 Å². The second kappa shape index (κ2) is 9.11. The lowest BCUT2D eigenvalue weighted by atomic mass is 9.86. The van der Waals surface area contributed by atoms with Crippen molar-refractivity contribution in [2.24, 2.45) is 5.92 Å². The summed E-state index contributed by atoms with van der Waals surface area (Å²) in [6.07, 6.45) is 9.03. The van der Waals surface area contributed by atoms with E-state index in [0.29, 0.717) is 12.0 Å². The Hall–Kier alpha value is -2.15. The Bertz CT molecular complexity index is 828. The van der Waals surface area contributed by atoms with Crippen molar-refractivity contribution in [3.8, 4) is 0 Å². The normalized spacial score (nSPS) is 21.3. The molecule has 0 atom stereocenters. The zero-order valence-electron chi connectivity index (χ0n) is 17.4. The fraction of sp³-hybridized carbons (Fsp3) is 0.591. The number of anilines is 2. The van der Waals surface area contributed by atoms with Crippen LogP contribution in [0.1, 0.15) is 59.5 Å². The molecule has 2 N–H and O–H groups in total. The van der Waals surface area contributed by atoms with E-state index < -0.39 is 0 Å². The van der Waals surface area contributed by atoms with Crippen LogP contribution in [0.5, 0.6) is 0 Å². The molecule has 1 saturated carbocycles. The minimum Gasteiger partial charge on any atom is -0.362 e. The van der Waals surface area contributed by atoms with Gasteiger partial charge in [0, 0.05) is 32.2 Å². The first-order valence-electron chi connectivity index (χ1n) is 10.8. The number of aryl methyl sites for hydroxylation is 1. The summed E-state index contributed by atoms with van der Waals surface area (Å²) in [5.74, 6) is 2.46. The molecule has 1 fully saturated rings. The lowest BCUT2D eigenvalue weighted by Crippen LogP contribution is -2.34. The number of thiophene rings is 1. The molecule has 0 aliphatic heterocycles. The van der Waals surface area contributed by atoms with E-state index >= 15 is 0 Å². The maximum atomic E-state index is 12.1. The summed E-state index contributed by atoms with van der Waals surface area (Å²) in [7, 11) is 4.13. The summed E-state index contributed by atoms with van der Waals surface area (Å²) in [5, 5.41) is 8.63. The molecule has 156 valence electrons. The van der Waals surface area contributed by atoms with Crippen molar-refractivity contribution in [2.75, 3.05) is 30.9 Å². The van der Waals surface area contributed by atoms with E-state index in [9.17, 15) is 4.79 Å². The average Bonchev–Trinajstić information content (AvgIpc) is 3.27. The molecule has 0 saturated heterocycles. The summed E-state index contributed by atoms with van der Waals surface area (Å²) in [4.78, 5) is 24.7.